The quantitative estimate of drug-likeness (QED) is 0.471. The van der Waals surface area contributed by atoms with E-state index in [1.165, 1.54) is 0 Å². The molecule has 30 heavy (non-hydrogen) atoms. The summed E-state index contributed by atoms with van der Waals surface area (Å²) in [7, 11) is 0. The molecule has 3 saturated carbocycles. The Bertz CT molecular complexity index is 808. The summed E-state index contributed by atoms with van der Waals surface area (Å²) in [5, 5.41) is 22.8. The molecule has 166 valence electrons. The maximum Gasteiger partial charge on any atom is 0.316 e. The van der Waals surface area contributed by atoms with Gasteiger partial charge in [-0.05, 0) is 67.8 Å². The number of ether oxygens (including phenoxy) is 1. The van der Waals surface area contributed by atoms with Gasteiger partial charge in [0.15, 0.2) is 12.4 Å². The Hall–Kier alpha value is -1.05. The fourth-order valence-electron chi connectivity index (χ4n) is 7.45. The molecular formula is C23H31BrO6. The third-order valence-corrected chi connectivity index (χ3v) is 9.44. The number of Topliss-reactive ketones (excluding diaryl/α,β-unsaturated/α-hetero) is 1. The highest BCUT2D eigenvalue weighted by molar-refractivity contribution is 9.09. The lowest BCUT2D eigenvalue weighted by Crippen LogP contribution is -2.62. The average molecular weight is 483 g/mol. The molecule has 0 aromatic heterocycles. The minimum atomic E-state index is -1.60. The lowest BCUT2D eigenvalue weighted by atomic mass is 9.45. The number of esters is 1. The Morgan fingerprint density at radius 2 is 1.97 bits per heavy atom. The van der Waals surface area contributed by atoms with Crippen LogP contribution in [0.5, 0.6) is 0 Å². The molecule has 7 atom stereocenters. The second-order valence-electron chi connectivity index (χ2n) is 10.2. The van der Waals surface area contributed by atoms with Crippen LogP contribution < -0.4 is 0 Å². The second kappa shape index (κ2) is 7.52. The fraction of sp³-hybridized carbons (Fsp3) is 0.783. The molecule has 0 unspecified atom stereocenters. The molecule has 0 spiro atoms. The van der Waals surface area contributed by atoms with E-state index in [0.29, 0.717) is 25.7 Å². The first kappa shape index (κ1) is 22.2. The monoisotopic (exact) mass is 482 g/mol. The first-order valence-corrected chi connectivity index (χ1v) is 12.1. The summed E-state index contributed by atoms with van der Waals surface area (Å²) in [4.78, 5) is 36.4. The number of hydrogen-bond acceptors (Lipinski definition) is 6. The van der Waals surface area contributed by atoms with Crippen molar-refractivity contribution in [2.75, 3.05) is 11.9 Å². The van der Waals surface area contributed by atoms with E-state index in [-0.39, 0.29) is 34.3 Å². The molecule has 2 N–H and O–H groups in total. The zero-order valence-electron chi connectivity index (χ0n) is 17.7. The summed E-state index contributed by atoms with van der Waals surface area (Å²) in [6.07, 6.45) is 5.49. The summed E-state index contributed by atoms with van der Waals surface area (Å²) in [6.45, 7) is 3.66. The Morgan fingerprint density at radius 1 is 1.23 bits per heavy atom. The van der Waals surface area contributed by atoms with Crippen molar-refractivity contribution >= 4 is 33.5 Å². The first-order valence-electron chi connectivity index (χ1n) is 11.0. The molecule has 0 bridgehead atoms. The van der Waals surface area contributed by atoms with Gasteiger partial charge < -0.3 is 14.9 Å². The van der Waals surface area contributed by atoms with Crippen molar-refractivity contribution in [1.29, 1.82) is 0 Å². The van der Waals surface area contributed by atoms with Gasteiger partial charge in [-0.2, -0.15) is 0 Å². The number of rotatable bonds is 4. The van der Waals surface area contributed by atoms with Gasteiger partial charge in [0.05, 0.1) is 6.10 Å². The van der Waals surface area contributed by atoms with Gasteiger partial charge in [-0.15, -0.1) is 0 Å². The molecule has 4 aliphatic rings. The predicted octanol–water partition coefficient (Wildman–Crippen LogP) is 2.73. The molecular weight excluding hydrogens is 452 g/mol. The van der Waals surface area contributed by atoms with Gasteiger partial charge in [-0.1, -0.05) is 35.4 Å². The minimum Gasteiger partial charge on any atom is -0.457 e. The highest BCUT2D eigenvalue weighted by Crippen LogP contribution is 2.67. The van der Waals surface area contributed by atoms with E-state index in [0.717, 1.165) is 24.8 Å². The standard InChI is InChI=1S/C23H31BrO6/c1-21-7-5-14(25)9-13(21)3-4-15-16-6-8-23(29,18(27)12-30-19(28)11-24)22(16,2)10-17(26)20(15)21/h9,15-17,20,26,29H,3-8,10-12H2,1-2H3/t15-,16-,17-,20+,21-,22-,23-/m0/s1. The summed E-state index contributed by atoms with van der Waals surface area (Å²) in [6, 6.07) is 0. The van der Waals surface area contributed by atoms with Crippen LogP contribution in [-0.2, 0) is 19.1 Å². The Morgan fingerprint density at radius 3 is 2.67 bits per heavy atom. The number of allylic oxidation sites excluding steroid dienone is 1. The van der Waals surface area contributed by atoms with Gasteiger partial charge in [0.1, 0.15) is 10.9 Å². The van der Waals surface area contributed by atoms with E-state index in [1.807, 2.05) is 6.92 Å². The topological polar surface area (TPSA) is 101 Å². The summed E-state index contributed by atoms with van der Waals surface area (Å²) < 4.78 is 4.99. The SMILES string of the molecule is C[C@]12CCC(=O)C=C1CC[C@@H]1[C@@H]2[C@@H](O)C[C@@]2(C)[C@H]1CC[C@]2(O)C(=O)COC(=O)CBr. The molecule has 7 heteroatoms. The van der Waals surface area contributed by atoms with Crippen LogP contribution in [-0.4, -0.2) is 51.4 Å². The number of alkyl halides is 1. The minimum absolute atomic E-state index is 0.00198. The molecule has 4 aliphatic carbocycles. The fourth-order valence-corrected chi connectivity index (χ4v) is 7.62. The van der Waals surface area contributed by atoms with Crippen molar-refractivity contribution in [1.82, 2.24) is 0 Å². The number of carbonyl (C=O) groups excluding carboxylic acids is 3. The zero-order chi connectivity index (χ0) is 21.9. The lowest BCUT2D eigenvalue weighted by Gasteiger charge is -2.60. The summed E-state index contributed by atoms with van der Waals surface area (Å²) >= 11 is 3.00. The van der Waals surface area contributed by atoms with Gasteiger partial charge >= 0.3 is 5.97 Å². The molecule has 3 fully saturated rings. The number of ketones is 2. The molecule has 4 rings (SSSR count). The highest BCUT2D eigenvalue weighted by atomic mass is 79.9. The third kappa shape index (κ3) is 3.06. The van der Waals surface area contributed by atoms with Crippen molar-refractivity contribution < 1.29 is 29.3 Å². The van der Waals surface area contributed by atoms with Crippen molar-refractivity contribution in [2.45, 2.75) is 70.5 Å². The Labute approximate surface area is 185 Å². The molecule has 0 heterocycles. The van der Waals surface area contributed by atoms with Crippen molar-refractivity contribution in [2.24, 2.45) is 28.6 Å². The number of fused-ring (bicyclic) bond motifs is 5. The number of aliphatic hydroxyl groups excluding tert-OH is 1. The van der Waals surface area contributed by atoms with Gasteiger partial charge in [-0.25, -0.2) is 0 Å². The van der Waals surface area contributed by atoms with Crippen LogP contribution in [0.15, 0.2) is 11.6 Å². The van der Waals surface area contributed by atoms with Gasteiger partial charge in [0, 0.05) is 11.8 Å². The number of hydrogen-bond donors (Lipinski definition) is 2. The van der Waals surface area contributed by atoms with Crippen LogP contribution >= 0.6 is 15.9 Å². The van der Waals surface area contributed by atoms with E-state index in [1.54, 1.807) is 6.08 Å². The summed E-state index contributed by atoms with van der Waals surface area (Å²) in [5.41, 5.74) is -1.40. The number of aliphatic hydroxyl groups is 2. The average Bonchev–Trinajstić information content (AvgIpc) is 2.97. The van der Waals surface area contributed by atoms with Gasteiger partial charge in [-0.3, -0.25) is 14.4 Å². The molecule has 0 aromatic rings. The maximum atomic E-state index is 13.0. The van der Waals surface area contributed by atoms with E-state index >= 15 is 0 Å². The number of halogens is 1. The lowest BCUT2D eigenvalue weighted by molar-refractivity contribution is -0.184. The smallest absolute Gasteiger partial charge is 0.316 e. The van der Waals surface area contributed by atoms with Crippen LogP contribution in [0.4, 0.5) is 0 Å². The normalized spacial score (nSPS) is 45.1. The molecule has 0 radical (unpaired) electrons. The predicted molar refractivity (Wildman–Crippen MR) is 113 cm³/mol. The third-order valence-electron chi connectivity index (χ3n) is 8.98. The zero-order valence-corrected chi connectivity index (χ0v) is 19.2. The van der Waals surface area contributed by atoms with Crippen LogP contribution in [0, 0.1) is 28.6 Å². The van der Waals surface area contributed by atoms with Crippen LogP contribution in [0.25, 0.3) is 0 Å². The maximum absolute atomic E-state index is 13.0. The van der Waals surface area contributed by atoms with E-state index in [4.69, 9.17) is 4.74 Å². The second-order valence-corrected chi connectivity index (χ2v) is 10.8. The van der Waals surface area contributed by atoms with Crippen molar-refractivity contribution in [3.8, 4) is 0 Å². The Kier molecular flexibility index (Phi) is 5.55. The molecule has 6 nitrogen and oxygen atoms in total. The van der Waals surface area contributed by atoms with Crippen molar-refractivity contribution in [3.05, 3.63) is 11.6 Å². The van der Waals surface area contributed by atoms with E-state index < -0.39 is 35.5 Å². The Balaban J connectivity index is 1.62. The summed E-state index contributed by atoms with van der Waals surface area (Å²) in [5.74, 6) is -0.494. The van der Waals surface area contributed by atoms with Crippen LogP contribution in [0.2, 0.25) is 0 Å². The van der Waals surface area contributed by atoms with Gasteiger partial charge in [0.25, 0.3) is 0 Å². The molecule has 0 aromatic carbocycles. The van der Waals surface area contributed by atoms with Gasteiger partial charge in [0.2, 0.25) is 5.78 Å². The van der Waals surface area contributed by atoms with Crippen LogP contribution in [0.1, 0.15) is 58.8 Å². The molecule has 0 amide bonds. The first-order chi connectivity index (χ1) is 14.1. The van der Waals surface area contributed by atoms with E-state index in [2.05, 4.69) is 22.9 Å². The largest absolute Gasteiger partial charge is 0.457 e. The molecule has 0 saturated heterocycles. The van der Waals surface area contributed by atoms with Crippen molar-refractivity contribution in [3.63, 3.8) is 0 Å². The highest BCUT2D eigenvalue weighted by Gasteiger charge is 2.68. The van der Waals surface area contributed by atoms with E-state index in [9.17, 15) is 24.6 Å². The molecule has 0 aliphatic heterocycles. The number of carbonyl (C=O) groups is 3. The van der Waals surface area contributed by atoms with Crippen LogP contribution in [0.3, 0.4) is 0 Å².